The second-order valence-corrected chi connectivity index (χ2v) is 7.74. The van der Waals surface area contributed by atoms with E-state index in [9.17, 15) is 4.79 Å². The summed E-state index contributed by atoms with van der Waals surface area (Å²) in [7, 11) is 0. The Morgan fingerprint density at radius 1 is 1.20 bits per heavy atom. The van der Waals surface area contributed by atoms with Crippen LogP contribution in [0.25, 0.3) is 11.2 Å². The molecule has 2 fully saturated rings. The van der Waals surface area contributed by atoms with Gasteiger partial charge in [0.05, 0.1) is 19.3 Å². The van der Waals surface area contributed by atoms with E-state index in [0.29, 0.717) is 43.1 Å². The molecule has 1 amide bonds. The lowest BCUT2D eigenvalue weighted by atomic mass is 10.2. The largest absolute Gasteiger partial charge is 0.373 e. The first-order chi connectivity index (χ1) is 14.7. The average Bonchev–Trinajstić information content (AvgIpc) is 3.44. The summed E-state index contributed by atoms with van der Waals surface area (Å²) in [4.78, 5) is 30.1. The zero-order valence-electron chi connectivity index (χ0n) is 16.9. The minimum atomic E-state index is -0.192. The predicted octanol–water partition coefficient (Wildman–Crippen LogP) is 1.07. The molecule has 2 aliphatic rings. The molecule has 2 aliphatic heterocycles. The minimum absolute atomic E-state index is 0.0749. The summed E-state index contributed by atoms with van der Waals surface area (Å²) in [5, 5.41) is 8.64. The number of morpholine rings is 1. The number of nitrogens with zero attached hydrogens (tertiary/aromatic N) is 8. The number of rotatable bonds is 4. The highest BCUT2D eigenvalue weighted by Crippen LogP contribution is 2.24. The fourth-order valence-electron chi connectivity index (χ4n) is 4.09. The lowest BCUT2D eigenvalue weighted by Crippen LogP contribution is -2.47. The van der Waals surface area contributed by atoms with Crippen LogP contribution >= 0.6 is 0 Å². The molecule has 0 aromatic carbocycles. The molecule has 5 rings (SSSR count). The number of carbonyl (C=O) groups excluding carboxylic acids is 1. The zero-order valence-corrected chi connectivity index (χ0v) is 16.9. The molecule has 2 saturated heterocycles. The Balaban J connectivity index is 1.33. The highest BCUT2D eigenvalue weighted by molar-refractivity contribution is 5.92. The van der Waals surface area contributed by atoms with Crippen LogP contribution in [0.1, 0.15) is 29.0 Å². The van der Waals surface area contributed by atoms with Crippen molar-refractivity contribution in [3.63, 3.8) is 0 Å². The van der Waals surface area contributed by atoms with Crippen molar-refractivity contribution >= 4 is 22.9 Å². The SMILES string of the molecule is Cc1cccc(C(=O)N2CCOC(Cn3nnc4c(N5CCCC5)ncnc43)C2)n1. The number of ether oxygens (including phenoxy) is 1. The van der Waals surface area contributed by atoms with E-state index in [1.54, 1.807) is 22.0 Å². The predicted molar refractivity (Wildman–Crippen MR) is 109 cm³/mol. The monoisotopic (exact) mass is 408 g/mol. The van der Waals surface area contributed by atoms with Gasteiger partial charge < -0.3 is 14.5 Å². The van der Waals surface area contributed by atoms with Gasteiger partial charge in [-0.1, -0.05) is 11.3 Å². The molecule has 1 unspecified atom stereocenters. The Morgan fingerprint density at radius 3 is 2.90 bits per heavy atom. The van der Waals surface area contributed by atoms with E-state index < -0.39 is 0 Å². The summed E-state index contributed by atoms with van der Waals surface area (Å²) in [6.07, 6.45) is 3.70. The number of hydrogen-bond donors (Lipinski definition) is 0. The number of aryl methyl sites for hydroxylation is 1. The molecule has 0 bridgehead atoms. The number of hydrogen-bond acceptors (Lipinski definition) is 8. The summed E-state index contributed by atoms with van der Waals surface area (Å²) < 4.78 is 7.66. The second-order valence-electron chi connectivity index (χ2n) is 7.74. The van der Waals surface area contributed by atoms with Crippen LogP contribution in [0.2, 0.25) is 0 Å². The third kappa shape index (κ3) is 3.58. The molecule has 0 saturated carbocycles. The molecule has 0 spiro atoms. The standard InChI is InChI=1S/C20H24N8O2/c1-14-5-4-6-16(23-14)20(29)27-9-10-30-15(11-27)12-28-19-17(24-25-28)18(21-13-22-19)26-7-2-3-8-26/h4-6,13,15H,2-3,7-12H2,1H3. The van der Waals surface area contributed by atoms with Crippen molar-refractivity contribution < 1.29 is 9.53 Å². The maximum atomic E-state index is 12.9. The van der Waals surface area contributed by atoms with Gasteiger partial charge in [-0.3, -0.25) is 4.79 Å². The summed E-state index contributed by atoms with van der Waals surface area (Å²) in [5.41, 5.74) is 2.70. The van der Waals surface area contributed by atoms with Crippen LogP contribution in [0, 0.1) is 6.92 Å². The van der Waals surface area contributed by atoms with E-state index in [1.165, 1.54) is 0 Å². The Bertz CT molecular complexity index is 1060. The van der Waals surface area contributed by atoms with Gasteiger partial charge in [0.1, 0.15) is 12.0 Å². The van der Waals surface area contributed by atoms with E-state index in [2.05, 4.69) is 30.2 Å². The molecular formula is C20H24N8O2. The quantitative estimate of drug-likeness (QED) is 0.632. The van der Waals surface area contributed by atoms with Crippen molar-refractivity contribution in [1.29, 1.82) is 0 Å². The van der Waals surface area contributed by atoms with Crippen LogP contribution in [-0.4, -0.2) is 79.6 Å². The molecule has 0 aliphatic carbocycles. The summed E-state index contributed by atoms with van der Waals surface area (Å²) in [6, 6.07) is 5.49. The van der Waals surface area contributed by atoms with Gasteiger partial charge in [0.15, 0.2) is 17.0 Å². The van der Waals surface area contributed by atoms with Crippen LogP contribution in [0.3, 0.4) is 0 Å². The molecule has 10 heteroatoms. The molecule has 30 heavy (non-hydrogen) atoms. The van der Waals surface area contributed by atoms with Crippen molar-refractivity contribution in [3.05, 3.63) is 35.9 Å². The van der Waals surface area contributed by atoms with Crippen LogP contribution in [0.5, 0.6) is 0 Å². The molecule has 0 radical (unpaired) electrons. The van der Waals surface area contributed by atoms with Crippen molar-refractivity contribution in [2.45, 2.75) is 32.4 Å². The number of amides is 1. The van der Waals surface area contributed by atoms with Gasteiger partial charge in [-0.15, -0.1) is 5.10 Å². The third-order valence-corrected chi connectivity index (χ3v) is 5.60. The maximum Gasteiger partial charge on any atom is 0.272 e. The van der Waals surface area contributed by atoms with Gasteiger partial charge in [-0.2, -0.15) is 0 Å². The maximum absolute atomic E-state index is 12.9. The van der Waals surface area contributed by atoms with Crippen molar-refractivity contribution in [2.75, 3.05) is 37.7 Å². The zero-order chi connectivity index (χ0) is 20.5. The third-order valence-electron chi connectivity index (χ3n) is 5.60. The molecule has 3 aromatic heterocycles. The molecule has 156 valence electrons. The Hall–Kier alpha value is -3.14. The van der Waals surface area contributed by atoms with Gasteiger partial charge >= 0.3 is 0 Å². The Kier molecular flexibility index (Phi) is 4.99. The topological polar surface area (TPSA) is 102 Å². The van der Waals surface area contributed by atoms with Crippen LogP contribution in [0.15, 0.2) is 24.5 Å². The molecule has 3 aromatic rings. The highest BCUT2D eigenvalue weighted by atomic mass is 16.5. The van der Waals surface area contributed by atoms with Gasteiger partial charge in [0, 0.05) is 31.9 Å². The van der Waals surface area contributed by atoms with Crippen LogP contribution in [0.4, 0.5) is 5.82 Å². The fraction of sp³-hybridized carbons (Fsp3) is 0.500. The van der Waals surface area contributed by atoms with E-state index in [1.807, 2.05) is 19.1 Å². The number of carbonyl (C=O) groups is 1. The van der Waals surface area contributed by atoms with E-state index in [-0.39, 0.29) is 12.0 Å². The summed E-state index contributed by atoms with van der Waals surface area (Å²) in [5.74, 6) is 0.768. The van der Waals surface area contributed by atoms with Crippen molar-refractivity contribution in [2.24, 2.45) is 0 Å². The lowest BCUT2D eigenvalue weighted by molar-refractivity contribution is -0.0299. The van der Waals surface area contributed by atoms with E-state index in [4.69, 9.17) is 4.74 Å². The smallest absolute Gasteiger partial charge is 0.272 e. The van der Waals surface area contributed by atoms with Gasteiger partial charge in [-0.05, 0) is 31.9 Å². The average molecular weight is 408 g/mol. The normalized spacial score (nSPS) is 19.6. The van der Waals surface area contributed by atoms with Gasteiger partial charge in [0.25, 0.3) is 5.91 Å². The Morgan fingerprint density at radius 2 is 2.07 bits per heavy atom. The fourth-order valence-corrected chi connectivity index (χ4v) is 4.09. The molecular weight excluding hydrogens is 384 g/mol. The first kappa shape index (κ1) is 18.9. The molecule has 0 N–H and O–H groups in total. The highest BCUT2D eigenvalue weighted by Gasteiger charge is 2.27. The van der Waals surface area contributed by atoms with Crippen molar-refractivity contribution in [1.82, 2.24) is 34.8 Å². The van der Waals surface area contributed by atoms with Crippen molar-refractivity contribution in [3.8, 4) is 0 Å². The van der Waals surface area contributed by atoms with Crippen LogP contribution < -0.4 is 4.90 Å². The Labute approximate surface area is 173 Å². The molecule has 10 nitrogen and oxygen atoms in total. The number of fused-ring (bicyclic) bond motifs is 1. The van der Waals surface area contributed by atoms with Crippen LogP contribution in [-0.2, 0) is 11.3 Å². The van der Waals surface area contributed by atoms with E-state index >= 15 is 0 Å². The lowest BCUT2D eigenvalue weighted by Gasteiger charge is -2.32. The molecule has 1 atom stereocenters. The first-order valence-electron chi connectivity index (χ1n) is 10.3. The minimum Gasteiger partial charge on any atom is -0.373 e. The second kappa shape index (κ2) is 7.94. The number of anilines is 1. The van der Waals surface area contributed by atoms with Gasteiger partial charge in [-0.25, -0.2) is 19.6 Å². The van der Waals surface area contributed by atoms with E-state index in [0.717, 1.165) is 37.4 Å². The molecule has 5 heterocycles. The van der Waals surface area contributed by atoms with Gasteiger partial charge in [0.2, 0.25) is 0 Å². The number of pyridine rings is 1. The first-order valence-corrected chi connectivity index (χ1v) is 10.3. The summed E-state index contributed by atoms with van der Waals surface area (Å²) >= 11 is 0. The number of aromatic nitrogens is 6. The summed E-state index contributed by atoms with van der Waals surface area (Å²) in [6.45, 7) is 5.81.